The van der Waals surface area contributed by atoms with Crippen LogP contribution < -0.4 is 19.7 Å². The summed E-state index contributed by atoms with van der Waals surface area (Å²) < 4.78 is 45.1. The van der Waals surface area contributed by atoms with E-state index in [0.717, 1.165) is 60.5 Å². The molecule has 1 aliphatic heterocycles. The zero-order chi connectivity index (χ0) is 30.5. The summed E-state index contributed by atoms with van der Waals surface area (Å²) in [6.07, 6.45) is 6.32. The van der Waals surface area contributed by atoms with Gasteiger partial charge in [-0.1, -0.05) is 55.8 Å². The Balaban J connectivity index is 1.38. The van der Waals surface area contributed by atoms with Crippen LogP contribution in [0, 0.1) is 5.92 Å². The monoisotopic (exact) mass is 609 g/mol. The van der Waals surface area contributed by atoms with Crippen LogP contribution in [0.2, 0.25) is 0 Å². The molecule has 2 heterocycles. The van der Waals surface area contributed by atoms with E-state index in [1.165, 1.54) is 4.90 Å². The molecule has 2 aromatic carbocycles. The van der Waals surface area contributed by atoms with Gasteiger partial charge in [0.1, 0.15) is 6.17 Å². The number of aromatic nitrogens is 2. The molecule has 2 atom stereocenters. The Morgan fingerprint density at radius 3 is 2.49 bits per heavy atom. The number of rotatable bonds is 12. The maximum Gasteiger partial charge on any atom is 0.387 e. The fraction of sp³-hybridized carbons (Fsp3) is 0.355. The van der Waals surface area contributed by atoms with Gasteiger partial charge in [0.15, 0.2) is 16.7 Å². The number of allylic oxidation sites excluding steroid dienone is 1. The van der Waals surface area contributed by atoms with Gasteiger partial charge in [-0.3, -0.25) is 19.2 Å². The smallest absolute Gasteiger partial charge is 0.387 e. The number of nitrogens with one attached hydrogen (secondary N) is 2. The highest BCUT2D eigenvalue weighted by molar-refractivity contribution is 7.83. The van der Waals surface area contributed by atoms with Crippen molar-refractivity contribution in [3.05, 3.63) is 77.8 Å². The molecule has 226 valence electrons. The number of carbonyl (C=O) groups excluding carboxylic acids is 2. The maximum atomic E-state index is 13.9. The van der Waals surface area contributed by atoms with Crippen molar-refractivity contribution in [2.75, 3.05) is 4.90 Å². The van der Waals surface area contributed by atoms with Crippen LogP contribution >= 0.6 is 0 Å². The molecular weight excluding hydrogens is 576 g/mol. The van der Waals surface area contributed by atoms with Crippen LogP contribution in [0.3, 0.4) is 0 Å². The summed E-state index contributed by atoms with van der Waals surface area (Å²) in [5, 5.41) is 3.42. The summed E-state index contributed by atoms with van der Waals surface area (Å²) in [4.78, 5) is 36.2. The predicted molar refractivity (Wildman–Crippen MR) is 158 cm³/mol. The molecule has 1 saturated carbocycles. The Bertz CT molecular complexity index is 1530. The first-order chi connectivity index (χ1) is 20.7. The summed E-state index contributed by atoms with van der Waals surface area (Å²) in [7, 11) is -1.68. The number of hydrogen-bond acceptors (Lipinski definition) is 7. The van der Waals surface area contributed by atoms with Gasteiger partial charge in [0.2, 0.25) is 11.9 Å². The molecule has 2 amide bonds. The Morgan fingerprint density at radius 2 is 1.84 bits per heavy atom. The molecule has 9 nitrogen and oxygen atoms in total. The van der Waals surface area contributed by atoms with Crippen molar-refractivity contribution in [1.82, 2.24) is 20.0 Å². The lowest BCUT2D eigenvalue weighted by molar-refractivity contribution is -0.120. The molecule has 3 aromatic rings. The minimum Gasteiger partial charge on any atom is -0.432 e. The van der Waals surface area contributed by atoms with E-state index in [1.54, 1.807) is 12.1 Å². The third-order valence-electron chi connectivity index (χ3n) is 7.32. The highest BCUT2D eigenvalue weighted by Crippen LogP contribution is 2.31. The van der Waals surface area contributed by atoms with Crippen molar-refractivity contribution in [2.45, 2.75) is 70.0 Å². The standard InChI is InChI=1S/C31H33F2N5O4S/c1-3-4-8-26-25(29(40)38(19(2)36-26)31-34-17-23(18-35-31)42-30(32)33)16-20-10-12-21(13-11-20)24-7-5-6-9-27(24)43(41)37-28(39)22-14-15-22/h5-7,9-13,17-19,22,30,36H,3-4,8,14-16H2,1-2H3,(H,37,39). The van der Waals surface area contributed by atoms with Crippen molar-refractivity contribution >= 4 is 28.7 Å². The molecule has 0 bridgehead atoms. The summed E-state index contributed by atoms with van der Waals surface area (Å²) >= 11 is 0. The summed E-state index contributed by atoms with van der Waals surface area (Å²) in [6, 6.07) is 14.9. The van der Waals surface area contributed by atoms with Gasteiger partial charge in [-0.15, -0.1) is 0 Å². The van der Waals surface area contributed by atoms with E-state index in [9.17, 15) is 22.6 Å². The molecule has 0 saturated heterocycles. The molecule has 2 aliphatic rings. The maximum absolute atomic E-state index is 13.9. The third-order valence-corrected chi connectivity index (χ3v) is 8.46. The Morgan fingerprint density at radius 1 is 1.14 bits per heavy atom. The summed E-state index contributed by atoms with van der Waals surface area (Å²) in [5.74, 6) is -0.622. The molecule has 0 radical (unpaired) electrons. The fourth-order valence-electron chi connectivity index (χ4n) is 4.92. The Labute approximate surface area is 251 Å². The quantitative estimate of drug-likeness (QED) is 0.288. The Kier molecular flexibility index (Phi) is 9.44. The van der Waals surface area contributed by atoms with Crippen LogP contribution in [-0.4, -0.2) is 38.8 Å². The van der Waals surface area contributed by atoms with E-state index in [-0.39, 0.29) is 29.4 Å². The van der Waals surface area contributed by atoms with Gasteiger partial charge in [0.05, 0.1) is 17.3 Å². The second kappa shape index (κ2) is 13.4. The van der Waals surface area contributed by atoms with Crippen LogP contribution in [0.5, 0.6) is 5.75 Å². The number of carbonyl (C=O) groups is 2. The van der Waals surface area contributed by atoms with Crippen molar-refractivity contribution in [1.29, 1.82) is 0 Å². The van der Waals surface area contributed by atoms with E-state index in [1.807, 2.05) is 43.3 Å². The fourth-order valence-corrected chi connectivity index (χ4v) is 5.97. The molecule has 0 spiro atoms. The van der Waals surface area contributed by atoms with E-state index < -0.39 is 23.8 Å². The number of alkyl halides is 2. The molecule has 2 unspecified atom stereocenters. The number of nitrogens with zero attached hydrogens (tertiary/aromatic N) is 3. The molecule has 2 N–H and O–H groups in total. The topological polar surface area (TPSA) is 114 Å². The first-order valence-corrected chi connectivity index (χ1v) is 15.4. The zero-order valence-corrected chi connectivity index (χ0v) is 24.7. The first-order valence-electron chi connectivity index (χ1n) is 14.2. The van der Waals surface area contributed by atoms with Gasteiger partial charge in [-0.05, 0) is 55.4 Å². The van der Waals surface area contributed by atoms with Gasteiger partial charge < -0.3 is 10.1 Å². The minimum atomic E-state index is -3.00. The molecular formula is C31H33F2N5O4S. The second-order valence-electron chi connectivity index (χ2n) is 10.5. The lowest BCUT2D eigenvalue weighted by atomic mass is 9.95. The predicted octanol–water partition coefficient (Wildman–Crippen LogP) is 5.26. The average molecular weight is 610 g/mol. The van der Waals surface area contributed by atoms with Crippen LogP contribution in [0.1, 0.15) is 51.5 Å². The van der Waals surface area contributed by atoms with E-state index in [2.05, 4.69) is 31.7 Å². The number of hydrogen-bond donors (Lipinski definition) is 2. The van der Waals surface area contributed by atoms with Crippen LogP contribution in [0.15, 0.2) is 77.1 Å². The number of ether oxygens (including phenoxy) is 1. The number of benzene rings is 2. The van der Waals surface area contributed by atoms with E-state index in [4.69, 9.17) is 0 Å². The van der Waals surface area contributed by atoms with Gasteiger partial charge in [0, 0.05) is 23.6 Å². The van der Waals surface area contributed by atoms with Gasteiger partial charge >= 0.3 is 6.61 Å². The summed E-state index contributed by atoms with van der Waals surface area (Å²) in [6.45, 7) is 0.896. The van der Waals surface area contributed by atoms with Gasteiger partial charge in [-0.25, -0.2) is 14.2 Å². The van der Waals surface area contributed by atoms with Crippen molar-refractivity contribution in [2.24, 2.45) is 5.92 Å². The largest absolute Gasteiger partial charge is 0.432 e. The molecule has 12 heteroatoms. The summed E-state index contributed by atoms with van der Waals surface area (Å²) in [5.41, 5.74) is 3.89. The average Bonchev–Trinajstić information content (AvgIpc) is 3.85. The normalized spacial score (nSPS) is 17.6. The van der Waals surface area contributed by atoms with Gasteiger partial charge in [-0.2, -0.15) is 8.78 Å². The lowest BCUT2D eigenvalue weighted by Crippen LogP contribution is -2.53. The first kappa shape index (κ1) is 30.3. The minimum absolute atomic E-state index is 0.0479. The van der Waals surface area contributed by atoms with Crippen molar-refractivity contribution in [3.63, 3.8) is 0 Å². The van der Waals surface area contributed by atoms with Gasteiger partial charge in [0.25, 0.3) is 5.91 Å². The molecule has 5 rings (SSSR count). The third kappa shape index (κ3) is 7.24. The van der Waals surface area contributed by atoms with E-state index in [0.29, 0.717) is 23.3 Å². The number of unbranched alkanes of at least 4 members (excludes halogenated alkanes) is 1. The van der Waals surface area contributed by atoms with Crippen LogP contribution in [0.4, 0.5) is 14.7 Å². The molecule has 1 fully saturated rings. The van der Waals surface area contributed by atoms with Crippen LogP contribution in [-0.2, 0) is 27.0 Å². The molecule has 1 aliphatic carbocycles. The molecule has 1 aromatic heterocycles. The van der Waals surface area contributed by atoms with Crippen molar-refractivity contribution in [3.8, 4) is 16.9 Å². The highest BCUT2D eigenvalue weighted by Gasteiger charge is 2.34. The second-order valence-corrected chi connectivity index (χ2v) is 11.7. The highest BCUT2D eigenvalue weighted by atomic mass is 32.2. The number of anilines is 1. The number of amides is 2. The lowest BCUT2D eigenvalue weighted by Gasteiger charge is -2.36. The van der Waals surface area contributed by atoms with E-state index >= 15 is 0 Å². The van der Waals surface area contributed by atoms with Crippen molar-refractivity contribution < 1.29 is 27.3 Å². The SMILES string of the molecule is CCCCC1=C(Cc2ccc(-c3ccccc3S(=O)NC(=O)C3CC3)cc2)C(=O)N(c2ncc(OC(F)F)cn2)C(C)N1. The Hall–Kier alpha value is -4.19. The molecule has 43 heavy (non-hydrogen) atoms. The number of halogens is 2. The zero-order valence-electron chi connectivity index (χ0n) is 23.9. The van der Waals surface area contributed by atoms with Crippen LogP contribution in [0.25, 0.3) is 11.1 Å².